The SMILES string of the molecule is CC(=O)OC(C)=O.CC(=O)Oc1ccc(OC(C)=O)c2c1C1C=CC2C1.O=C1C=CC(=O)C2C3C=CC(C3)C12.c1ccncc1. The summed E-state index contributed by atoms with van der Waals surface area (Å²) in [7, 11) is 0. The molecule has 0 amide bonds. The zero-order valence-electron chi connectivity index (χ0n) is 25.5. The Bertz CT molecular complexity index is 1450. The molecule has 234 valence electrons. The Morgan fingerprint density at radius 1 is 0.622 bits per heavy atom. The summed E-state index contributed by atoms with van der Waals surface area (Å²) in [6.45, 7) is 5.13. The number of hydrogen-bond acceptors (Lipinski definition) is 10. The van der Waals surface area contributed by atoms with Crippen molar-refractivity contribution >= 4 is 35.4 Å². The number of rotatable bonds is 2. The van der Waals surface area contributed by atoms with Crippen LogP contribution in [0, 0.1) is 23.7 Å². The smallest absolute Gasteiger partial charge is 0.310 e. The van der Waals surface area contributed by atoms with Gasteiger partial charge in [-0.15, -0.1) is 0 Å². The van der Waals surface area contributed by atoms with Crippen LogP contribution in [-0.4, -0.2) is 40.4 Å². The van der Waals surface area contributed by atoms with E-state index in [2.05, 4.69) is 34.0 Å². The van der Waals surface area contributed by atoms with Gasteiger partial charge in [0.15, 0.2) is 11.6 Å². The lowest BCUT2D eigenvalue weighted by atomic mass is 9.75. The number of ketones is 2. The molecule has 6 atom stereocenters. The fraction of sp³-hybridized carbons (Fsp3) is 0.343. The quantitative estimate of drug-likeness (QED) is 0.197. The first-order valence-electron chi connectivity index (χ1n) is 14.7. The third kappa shape index (κ3) is 8.14. The molecular weight excluding hydrogens is 578 g/mol. The van der Waals surface area contributed by atoms with Gasteiger partial charge in [0.05, 0.1) is 0 Å². The van der Waals surface area contributed by atoms with Crippen molar-refractivity contribution in [1.82, 2.24) is 4.98 Å². The van der Waals surface area contributed by atoms with E-state index >= 15 is 0 Å². The number of pyridine rings is 1. The molecular formula is C35H35NO9. The van der Waals surface area contributed by atoms with Crippen LogP contribution in [0.3, 0.4) is 0 Å². The van der Waals surface area contributed by atoms with Gasteiger partial charge in [-0.3, -0.25) is 33.8 Å². The zero-order chi connectivity index (χ0) is 32.7. The number of aromatic nitrogens is 1. The summed E-state index contributed by atoms with van der Waals surface area (Å²) in [6, 6.07) is 9.12. The number of benzene rings is 1. The molecule has 10 heteroatoms. The van der Waals surface area contributed by atoms with Gasteiger partial charge in [-0.05, 0) is 61.1 Å². The molecule has 0 N–H and O–H groups in total. The van der Waals surface area contributed by atoms with Gasteiger partial charge < -0.3 is 14.2 Å². The monoisotopic (exact) mass is 613 g/mol. The number of nitrogens with zero attached hydrogens (tertiary/aromatic N) is 1. The molecule has 7 rings (SSSR count). The second-order valence-corrected chi connectivity index (χ2v) is 11.2. The van der Waals surface area contributed by atoms with Crippen LogP contribution in [0.1, 0.15) is 63.5 Å². The minimum absolute atomic E-state index is 0.0208. The molecule has 45 heavy (non-hydrogen) atoms. The maximum Gasteiger partial charge on any atom is 0.310 e. The Hall–Kier alpha value is -4.99. The first-order valence-corrected chi connectivity index (χ1v) is 14.7. The number of fused-ring (bicyclic) bond motifs is 10. The van der Waals surface area contributed by atoms with E-state index in [0.717, 1.165) is 24.0 Å². The van der Waals surface area contributed by atoms with Crippen molar-refractivity contribution in [3.63, 3.8) is 0 Å². The molecule has 0 saturated heterocycles. The highest BCUT2D eigenvalue weighted by atomic mass is 16.6. The highest BCUT2D eigenvalue weighted by Gasteiger charge is 2.51. The predicted octanol–water partition coefficient (Wildman–Crippen LogP) is 4.99. The molecule has 1 fully saturated rings. The van der Waals surface area contributed by atoms with E-state index in [-0.39, 0.29) is 47.2 Å². The van der Waals surface area contributed by atoms with Crippen LogP contribution in [0.5, 0.6) is 11.5 Å². The Balaban J connectivity index is 0.000000152. The zero-order valence-corrected chi connectivity index (χ0v) is 25.5. The van der Waals surface area contributed by atoms with E-state index in [1.807, 2.05) is 18.2 Å². The summed E-state index contributed by atoms with van der Waals surface area (Å²) in [5.74, 6) is 0.819. The number of hydrogen-bond donors (Lipinski definition) is 0. The minimum atomic E-state index is -0.562. The molecule has 1 heterocycles. The van der Waals surface area contributed by atoms with Crippen molar-refractivity contribution < 1.29 is 43.0 Å². The van der Waals surface area contributed by atoms with Gasteiger partial charge >= 0.3 is 23.9 Å². The van der Waals surface area contributed by atoms with E-state index < -0.39 is 11.9 Å². The Kier molecular flexibility index (Phi) is 10.7. The maximum absolute atomic E-state index is 11.5. The molecule has 0 spiro atoms. The number of carbonyl (C=O) groups is 6. The molecule has 10 nitrogen and oxygen atoms in total. The highest BCUT2D eigenvalue weighted by molar-refractivity contribution is 6.08. The summed E-state index contributed by atoms with van der Waals surface area (Å²) < 4.78 is 14.5. The Labute approximate surface area is 261 Å². The molecule has 1 aromatic carbocycles. The van der Waals surface area contributed by atoms with Crippen molar-refractivity contribution in [3.05, 3.63) is 90.3 Å². The Morgan fingerprint density at radius 3 is 1.38 bits per heavy atom. The van der Waals surface area contributed by atoms with E-state index in [0.29, 0.717) is 23.3 Å². The number of allylic oxidation sites excluding steroid dienone is 6. The van der Waals surface area contributed by atoms with E-state index in [1.54, 1.807) is 24.5 Å². The van der Waals surface area contributed by atoms with Gasteiger partial charge in [0.1, 0.15) is 11.5 Å². The lowest BCUT2D eigenvalue weighted by molar-refractivity contribution is -0.156. The summed E-state index contributed by atoms with van der Waals surface area (Å²) in [5, 5.41) is 0. The molecule has 5 aliphatic carbocycles. The van der Waals surface area contributed by atoms with Gasteiger partial charge in [-0.1, -0.05) is 30.4 Å². The summed E-state index contributed by atoms with van der Waals surface area (Å²) >= 11 is 0. The van der Waals surface area contributed by atoms with Crippen molar-refractivity contribution in [2.75, 3.05) is 0 Å². The molecule has 0 radical (unpaired) electrons. The average Bonchev–Trinajstić information content (AvgIpc) is 3.79. The highest BCUT2D eigenvalue weighted by Crippen LogP contribution is 2.55. The average molecular weight is 614 g/mol. The third-order valence-corrected chi connectivity index (χ3v) is 7.92. The first-order chi connectivity index (χ1) is 21.5. The molecule has 4 bridgehead atoms. The van der Waals surface area contributed by atoms with Gasteiger partial charge in [0, 0.05) is 74.9 Å². The van der Waals surface area contributed by atoms with Crippen LogP contribution >= 0.6 is 0 Å². The predicted molar refractivity (Wildman–Crippen MR) is 162 cm³/mol. The normalized spacial score (nSPS) is 24.9. The summed E-state index contributed by atoms with van der Waals surface area (Å²) in [6.07, 6.45) is 16.8. The Morgan fingerprint density at radius 2 is 1.07 bits per heavy atom. The molecule has 1 aromatic heterocycles. The van der Waals surface area contributed by atoms with E-state index in [4.69, 9.17) is 9.47 Å². The molecule has 6 unspecified atom stereocenters. The van der Waals surface area contributed by atoms with Crippen LogP contribution in [0.4, 0.5) is 0 Å². The van der Waals surface area contributed by atoms with Crippen LogP contribution in [0.2, 0.25) is 0 Å². The number of ether oxygens (including phenoxy) is 3. The third-order valence-electron chi connectivity index (χ3n) is 7.92. The van der Waals surface area contributed by atoms with Crippen LogP contribution < -0.4 is 9.47 Å². The first kappa shape index (κ1) is 32.9. The van der Waals surface area contributed by atoms with Crippen molar-refractivity contribution in [3.8, 4) is 11.5 Å². The van der Waals surface area contributed by atoms with Crippen LogP contribution in [0.25, 0.3) is 0 Å². The topological polar surface area (TPSA) is 143 Å². The molecule has 5 aliphatic rings. The second-order valence-electron chi connectivity index (χ2n) is 11.2. The fourth-order valence-electron chi connectivity index (χ4n) is 6.48. The van der Waals surface area contributed by atoms with Gasteiger partial charge in [0.25, 0.3) is 0 Å². The largest absolute Gasteiger partial charge is 0.426 e. The van der Waals surface area contributed by atoms with Crippen molar-refractivity contribution in [2.24, 2.45) is 23.7 Å². The summed E-state index contributed by atoms with van der Waals surface area (Å²) in [4.78, 5) is 68.8. The standard InChI is InChI=1S/C15H14O4.C11H10O2.C5H5N.C4H6O3/c1-8(16)18-12-5-6-13(19-9(2)17)15-11-4-3-10(7-11)14(12)15;12-8-3-4-9(13)11-7-2-1-6(5-7)10(8)11;1-2-4-6-5-3-1;1-3(5)7-4(2)6/h3-6,10-11H,7H2,1-2H3;1-4,6-7,10-11H,5H2;1-5H;1-2H3. The van der Waals surface area contributed by atoms with Gasteiger partial charge in [-0.25, -0.2) is 0 Å². The van der Waals surface area contributed by atoms with E-state index in [1.165, 1.54) is 39.8 Å². The fourth-order valence-corrected chi connectivity index (χ4v) is 6.48. The van der Waals surface area contributed by atoms with Crippen LogP contribution in [0.15, 0.2) is 79.2 Å². The molecule has 1 saturated carbocycles. The maximum atomic E-state index is 11.5. The number of carbonyl (C=O) groups excluding carboxylic acids is 6. The molecule has 2 aromatic rings. The van der Waals surface area contributed by atoms with Crippen molar-refractivity contribution in [1.29, 1.82) is 0 Å². The van der Waals surface area contributed by atoms with Crippen molar-refractivity contribution in [2.45, 2.75) is 52.4 Å². The minimum Gasteiger partial charge on any atom is -0.426 e. The van der Waals surface area contributed by atoms with Gasteiger partial charge in [0.2, 0.25) is 0 Å². The lowest BCUT2D eigenvalue weighted by Gasteiger charge is -2.26. The van der Waals surface area contributed by atoms with Gasteiger partial charge in [-0.2, -0.15) is 0 Å². The lowest BCUT2D eigenvalue weighted by Crippen LogP contribution is -2.34. The summed E-state index contributed by atoms with van der Waals surface area (Å²) in [5.41, 5.74) is 1.97. The molecule has 0 aliphatic heterocycles. The second kappa shape index (κ2) is 14.7. The number of esters is 4. The van der Waals surface area contributed by atoms with Crippen LogP contribution in [-0.2, 0) is 33.5 Å². The van der Waals surface area contributed by atoms with E-state index in [9.17, 15) is 28.8 Å².